The molecule has 10 heteroatoms. The van der Waals surface area contributed by atoms with Gasteiger partial charge in [-0.05, 0) is 12.1 Å². The smallest absolute Gasteiger partial charge is 0.337 e. The fourth-order valence-electron chi connectivity index (χ4n) is 2.04. The van der Waals surface area contributed by atoms with Crippen LogP contribution in [0.2, 0.25) is 0 Å². The SMILES string of the molecule is O=C(O)c1ccc(O)c(S(=O)(=O)O)c1N1C(=O)CCC1=O. The Bertz CT molecular complexity index is 751. The first-order valence-electron chi connectivity index (χ1n) is 5.57. The second-order valence-corrected chi connectivity index (χ2v) is 5.57. The second kappa shape index (κ2) is 4.82. The van der Waals surface area contributed by atoms with Gasteiger partial charge in [0.1, 0.15) is 5.75 Å². The van der Waals surface area contributed by atoms with Gasteiger partial charge in [0.15, 0.2) is 4.90 Å². The zero-order valence-electron chi connectivity index (χ0n) is 10.3. The maximum atomic E-state index is 11.7. The zero-order chi connectivity index (χ0) is 15.9. The molecular formula is C11H9NO8S. The number of phenolic OH excluding ortho intramolecular Hbond substituents is 1. The molecule has 1 saturated heterocycles. The summed E-state index contributed by atoms with van der Waals surface area (Å²) in [7, 11) is -5.06. The van der Waals surface area contributed by atoms with E-state index in [1.165, 1.54) is 0 Å². The third kappa shape index (κ3) is 2.45. The standard InChI is InChI=1S/C11H9NO8S/c13-6-2-1-5(11(16)17)9(10(6)21(18,19)20)12-7(14)3-4-8(12)15/h1-2,13H,3-4H2,(H,16,17)(H,18,19,20). The number of rotatable bonds is 3. The van der Waals surface area contributed by atoms with Crippen molar-refractivity contribution in [2.45, 2.75) is 17.7 Å². The van der Waals surface area contributed by atoms with E-state index in [1.54, 1.807) is 0 Å². The Labute approximate surface area is 118 Å². The number of anilines is 1. The Morgan fingerprint density at radius 1 is 1.14 bits per heavy atom. The van der Waals surface area contributed by atoms with Gasteiger partial charge in [0, 0.05) is 12.8 Å². The number of nitrogens with zero attached hydrogens (tertiary/aromatic N) is 1. The van der Waals surface area contributed by atoms with Crippen LogP contribution in [0.5, 0.6) is 5.75 Å². The predicted molar refractivity (Wildman–Crippen MR) is 66.6 cm³/mol. The number of carboxylic acid groups (broad SMARTS) is 1. The molecule has 3 N–H and O–H groups in total. The van der Waals surface area contributed by atoms with Crippen LogP contribution in [0.3, 0.4) is 0 Å². The minimum absolute atomic E-state index is 0.224. The third-order valence-corrected chi connectivity index (χ3v) is 3.79. The molecule has 0 spiro atoms. The molecule has 2 amide bonds. The minimum atomic E-state index is -5.06. The molecule has 0 aromatic heterocycles. The van der Waals surface area contributed by atoms with Crippen molar-refractivity contribution in [3.05, 3.63) is 17.7 Å². The molecule has 1 aliphatic rings. The fraction of sp³-hybridized carbons (Fsp3) is 0.182. The molecule has 9 nitrogen and oxygen atoms in total. The number of amides is 2. The minimum Gasteiger partial charge on any atom is -0.506 e. The molecule has 0 saturated carbocycles. The highest BCUT2D eigenvalue weighted by Crippen LogP contribution is 2.38. The van der Waals surface area contributed by atoms with Crippen LogP contribution in [0.4, 0.5) is 5.69 Å². The van der Waals surface area contributed by atoms with Crippen LogP contribution in [0.25, 0.3) is 0 Å². The van der Waals surface area contributed by atoms with Gasteiger partial charge in [0.25, 0.3) is 10.1 Å². The second-order valence-electron chi connectivity index (χ2n) is 4.21. The maximum absolute atomic E-state index is 11.7. The van der Waals surface area contributed by atoms with Crippen molar-refractivity contribution in [3.8, 4) is 5.75 Å². The lowest BCUT2D eigenvalue weighted by atomic mass is 10.1. The molecule has 0 aliphatic carbocycles. The van der Waals surface area contributed by atoms with E-state index in [9.17, 15) is 27.9 Å². The normalized spacial score (nSPS) is 15.6. The molecule has 1 fully saturated rings. The number of aromatic carboxylic acids is 1. The summed E-state index contributed by atoms with van der Waals surface area (Å²) in [6.45, 7) is 0. The van der Waals surface area contributed by atoms with E-state index < -0.39 is 49.8 Å². The summed E-state index contributed by atoms with van der Waals surface area (Å²) >= 11 is 0. The lowest BCUT2D eigenvalue weighted by Crippen LogP contribution is -2.32. The van der Waals surface area contributed by atoms with Crippen LogP contribution in [-0.2, 0) is 19.7 Å². The number of imide groups is 1. The first-order chi connectivity index (χ1) is 9.64. The van der Waals surface area contributed by atoms with Crippen LogP contribution in [0, 0.1) is 0 Å². The number of benzene rings is 1. The van der Waals surface area contributed by atoms with Crippen LogP contribution in [-0.4, -0.2) is 41.0 Å². The lowest BCUT2D eigenvalue weighted by Gasteiger charge is -2.19. The van der Waals surface area contributed by atoms with Crippen molar-refractivity contribution in [3.63, 3.8) is 0 Å². The summed E-state index contributed by atoms with van der Waals surface area (Å²) in [5, 5.41) is 18.7. The van der Waals surface area contributed by atoms with E-state index in [4.69, 9.17) is 9.66 Å². The Morgan fingerprint density at radius 3 is 2.10 bits per heavy atom. The average Bonchev–Trinajstić information content (AvgIpc) is 2.66. The number of carbonyl (C=O) groups excluding carboxylic acids is 2. The van der Waals surface area contributed by atoms with Gasteiger partial charge in [-0.3, -0.25) is 14.1 Å². The molecule has 0 atom stereocenters. The summed E-state index contributed by atoms with van der Waals surface area (Å²) in [6.07, 6.45) is -0.447. The Balaban J connectivity index is 2.89. The molecule has 21 heavy (non-hydrogen) atoms. The van der Waals surface area contributed by atoms with Crippen LogP contribution >= 0.6 is 0 Å². The van der Waals surface area contributed by atoms with E-state index in [0.29, 0.717) is 4.90 Å². The van der Waals surface area contributed by atoms with Crippen molar-refractivity contribution < 1.29 is 37.6 Å². The van der Waals surface area contributed by atoms with E-state index in [-0.39, 0.29) is 12.8 Å². The number of aromatic hydroxyl groups is 1. The van der Waals surface area contributed by atoms with Crippen molar-refractivity contribution in [1.82, 2.24) is 0 Å². The van der Waals surface area contributed by atoms with E-state index in [2.05, 4.69) is 0 Å². The van der Waals surface area contributed by atoms with Gasteiger partial charge >= 0.3 is 5.97 Å². The van der Waals surface area contributed by atoms with E-state index in [0.717, 1.165) is 12.1 Å². The van der Waals surface area contributed by atoms with Gasteiger partial charge < -0.3 is 10.2 Å². The van der Waals surface area contributed by atoms with E-state index >= 15 is 0 Å². The largest absolute Gasteiger partial charge is 0.506 e. The van der Waals surface area contributed by atoms with Gasteiger partial charge in [0.2, 0.25) is 11.8 Å². The Kier molecular flexibility index (Phi) is 3.43. The molecule has 1 aromatic rings. The highest BCUT2D eigenvalue weighted by molar-refractivity contribution is 7.86. The third-order valence-electron chi connectivity index (χ3n) is 2.87. The quantitative estimate of drug-likeness (QED) is 0.520. The first-order valence-corrected chi connectivity index (χ1v) is 7.01. The Morgan fingerprint density at radius 2 is 1.67 bits per heavy atom. The van der Waals surface area contributed by atoms with Crippen molar-refractivity contribution in [1.29, 1.82) is 0 Å². The number of carbonyl (C=O) groups is 3. The Hall–Kier alpha value is -2.46. The number of hydrogen-bond donors (Lipinski definition) is 3. The van der Waals surface area contributed by atoms with Crippen LogP contribution in [0.15, 0.2) is 17.0 Å². The lowest BCUT2D eigenvalue weighted by molar-refractivity contribution is -0.121. The molecule has 1 aliphatic heterocycles. The molecule has 112 valence electrons. The topological polar surface area (TPSA) is 149 Å². The molecular weight excluding hydrogens is 306 g/mol. The van der Waals surface area contributed by atoms with Crippen LogP contribution in [0.1, 0.15) is 23.2 Å². The molecule has 0 unspecified atom stereocenters. The molecule has 1 heterocycles. The summed E-state index contributed by atoms with van der Waals surface area (Å²) in [4.78, 5) is 33.7. The van der Waals surface area contributed by atoms with Gasteiger partial charge in [-0.15, -0.1) is 0 Å². The maximum Gasteiger partial charge on any atom is 0.337 e. The summed E-state index contributed by atoms with van der Waals surface area (Å²) < 4.78 is 31.9. The number of hydrogen-bond acceptors (Lipinski definition) is 6. The average molecular weight is 315 g/mol. The summed E-state index contributed by atoms with van der Waals surface area (Å²) in [6, 6.07) is 1.57. The van der Waals surface area contributed by atoms with Gasteiger partial charge in [-0.25, -0.2) is 9.69 Å². The molecule has 2 rings (SSSR count). The molecule has 1 aromatic carbocycles. The van der Waals surface area contributed by atoms with Crippen molar-refractivity contribution in [2.24, 2.45) is 0 Å². The van der Waals surface area contributed by atoms with E-state index in [1.807, 2.05) is 0 Å². The van der Waals surface area contributed by atoms with Crippen molar-refractivity contribution >= 4 is 33.6 Å². The highest BCUT2D eigenvalue weighted by Gasteiger charge is 2.38. The zero-order valence-corrected chi connectivity index (χ0v) is 11.1. The summed E-state index contributed by atoms with van der Waals surface area (Å²) in [5.74, 6) is -4.23. The predicted octanol–water partition coefficient (Wildman–Crippen LogP) is -0.00950. The molecule has 0 radical (unpaired) electrons. The van der Waals surface area contributed by atoms with Gasteiger partial charge in [0.05, 0.1) is 11.3 Å². The number of carboxylic acids is 1. The van der Waals surface area contributed by atoms with Crippen LogP contribution < -0.4 is 4.90 Å². The number of phenols is 1. The van der Waals surface area contributed by atoms with Gasteiger partial charge in [-0.1, -0.05) is 0 Å². The first kappa shape index (κ1) is 14.9. The van der Waals surface area contributed by atoms with Gasteiger partial charge in [-0.2, -0.15) is 8.42 Å². The highest BCUT2D eigenvalue weighted by atomic mass is 32.2. The van der Waals surface area contributed by atoms with Crippen molar-refractivity contribution in [2.75, 3.05) is 4.90 Å². The summed E-state index contributed by atoms with van der Waals surface area (Å²) in [5.41, 5.74) is -1.55. The fourth-order valence-corrected chi connectivity index (χ4v) is 2.81. The monoisotopic (exact) mass is 315 g/mol. The molecule has 0 bridgehead atoms.